The minimum absolute atomic E-state index is 0.237. The van der Waals surface area contributed by atoms with Gasteiger partial charge >= 0.3 is 5.97 Å². The predicted molar refractivity (Wildman–Crippen MR) is 61.4 cm³/mol. The van der Waals surface area contributed by atoms with E-state index in [0.717, 1.165) is 4.88 Å². The van der Waals surface area contributed by atoms with Gasteiger partial charge in [0.1, 0.15) is 5.82 Å². The smallest absolute Gasteiger partial charge is 0.336 e. The third-order valence-corrected chi connectivity index (χ3v) is 3.28. The fourth-order valence-electron chi connectivity index (χ4n) is 1.35. The molecule has 0 aliphatic carbocycles. The van der Waals surface area contributed by atoms with Crippen molar-refractivity contribution in [1.29, 1.82) is 0 Å². The van der Waals surface area contributed by atoms with E-state index in [2.05, 4.69) is 0 Å². The Hall–Kier alpha value is -1.68. The van der Waals surface area contributed by atoms with E-state index in [0.29, 0.717) is 11.1 Å². The zero-order valence-electron chi connectivity index (χ0n) is 8.53. The van der Waals surface area contributed by atoms with Crippen LogP contribution >= 0.6 is 11.3 Å². The molecule has 4 heteroatoms. The first kappa shape index (κ1) is 10.8. The minimum Gasteiger partial charge on any atom is -0.478 e. The molecule has 0 spiro atoms. The van der Waals surface area contributed by atoms with Gasteiger partial charge in [0.25, 0.3) is 0 Å². The second-order valence-electron chi connectivity index (χ2n) is 3.47. The summed E-state index contributed by atoms with van der Waals surface area (Å²) in [5, 5.41) is 10.3. The summed E-state index contributed by atoms with van der Waals surface area (Å²) in [6.45, 7) is 1.69. The van der Waals surface area contributed by atoms with E-state index in [1.807, 2.05) is 0 Å². The molecule has 0 amide bonds. The summed E-state index contributed by atoms with van der Waals surface area (Å²) in [6, 6.07) is 6.45. The third kappa shape index (κ3) is 1.97. The van der Waals surface area contributed by atoms with Crippen molar-refractivity contribution < 1.29 is 14.3 Å². The van der Waals surface area contributed by atoms with Crippen LogP contribution in [0.4, 0.5) is 4.39 Å². The van der Waals surface area contributed by atoms with Crippen LogP contribution in [-0.4, -0.2) is 11.1 Å². The number of halogens is 1. The molecule has 1 heterocycles. The van der Waals surface area contributed by atoms with Gasteiger partial charge in [-0.1, -0.05) is 12.1 Å². The largest absolute Gasteiger partial charge is 0.478 e. The minimum atomic E-state index is -0.963. The molecule has 0 aliphatic heterocycles. The number of thiophene rings is 1. The molecule has 1 N–H and O–H groups in total. The first-order valence-electron chi connectivity index (χ1n) is 4.66. The number of carboxylic acids is 1. The summed E-state index contributed by atoms with van der Waals surface area (Å²) in [5.41, 5.74) is 1.53. The fraction of sp³-hybridized carbons (Fsp3) is 0.0833. The molecule has 0 saturated heterocycles. The van der Waals surface area contributed by atoms with E-state index in [-0.39, 0.29) is 11.4 Å². The molecule has 2 rings (SSSR count). The van der Waals surface area contributed by atoms with Crippen molar-refractivity contribution in [1.82, 2.24) is 0 Å². The average Bonchev–Trinajstić information content (AvgIpc) is 2.71. The number of carboxylic acid groups (broad SMARTS) is 1. The Morgan fingerprint density at radius 2 is 2.12 bits per heavy atom. The number of hydrogen-bond donors (Lipinski definition) is 1. The average molecular weight is 236 g/mol. The Morgan fingerprint density at radius 1 is 1.38 bits per heavy atom. The first-order valence-corrected chi connectivity index (χ1v) is 5.54. The Bertz CT molecular complexity index is 546. The van der Waals surface area contributed by atoms with Crippen molar-refractivity contribution in [3.63, 3.8) is 0 Å². The standard InChI is InChI=1S/C12H9FO2S/c1-7-2-3-8(4-10(7)13)11-5-9(6-16-11)12(14)15/h2-6H,1H3,(H,14,15). The van der Waals surface area contributed by atoms with Crippen molar-refractivity contribution in [2.24, 2.45) is 0 Å². The van der Waals surface area contributed by atoms with Gasteiger partial charge in [0.05, 0.1) is 5.56 Å². The molecule has 1 aromatic heterocycles. The van der Waals surface area contributed by atoms with Crippen LogP contribution in [0.2, 0.25) is 0 Å². The van der Waals surface area contributed by atoms with Gasteiger partial charge in [-0.05, 0) is 30.2 Å². The van der Waals surface area contributed by atoms with Gasteiger partial charge in [0.2, 0.25) is 0 Å². The fourth-order valence-corrected chi connectivity index (χ4v) is 2.23. The van der Waals surface area contributed by atoms with Gasteiger partial charge in [-0.3, -0.25) is 0 Å². The summed E-state index contributed by atoms with van der Waals surface area (Å²) < 4.78 is 13.3. The molecule has 82 valence electrons. The van der Waals surface area contributed by atoms with Crippen LogP contribution in [0.15, 0.2) is 29.6 Å². The molecule has 0 bridgehead atoms. The zero-order valence-corrected chi connectivity index (χ0v) is 9.34. The van der Waals surface area contributed by atoms with Gasteiger partial charge in [0, 0.05) is 10.3 Å². The maximum absolute atomic E-state index is 13.3. The topological polar surface area (TPSA) is 37.3 Å². The van der Waals surface area contributed by atoms with Crippen LogP contribution in [0.3, 0.4) is 0 Å². The van der Waals surface area contributed by atoms with E-state index < -0.39 is 5.97 Å². The third-order valence-electron chi connectivity index (χ3n) is 2.30. The molecule has 0 unspecified atom stereocenters. The zero-order chi connectivity index (χ0) is 11.7. The number of hydrogen-bond acceptors (Lipinski definition) is 2. The highest BCUT2D eigenvalue weighted by Gasteiger charge is 2.09. The molecule has 1 aromatic carbocycles. The van der Waals surface area contributed by atoms with Crippen molar-refractivity contribution in [3.8, 4) is 10.4 Å². The molecule has 0 radical (unpaired) electrons. The molecular formula is C12H9FO2S. The van der Waals surface area contributed by atoms with Gasteiger partial charge < -0.3 is 5.11 Å². The number of carbonyl (C=O) groups is 1. The van der Waals surface area contributed by atoms with Crippen LogP contribution in [0.1, 0.15) is 15.9 Å². The van der Waals surface area contributed by atoms with Crippen LogP contribution in [0.25, 0.3) is 10.4 Å². The van der Waals surface area contributed by atoms with Crippen LogP contribution < -0.4 is 0 Å². The highest BCUT2D eigenvalue weighted by atomic mass is 32.1. The van der Waals surface area contributed by atoms with E-state index in [1.165, 1.54) is 17.4 Å². The van der Waals surface area contributed by atoms with E-state index in [9.17, 15) is 9.18 Å². The lowest BCUT2D eigenvalue weighted by atomic mass is 10.1. The maximum Gasteiger partial charge on any atom is 0.336 e. The van der Waals surface area contributed by atoms with Crippen molar-refractivity contribution in [2.45, 2.75) is 6.92 Å². The summed E-state index contributed by atoms with van der Waals surface area (Å²) in [5.74, 6) is -1.24. The number of rotatable bonds is 2. The number of aryl methyl sites for hydroxylation is 1. The van der Waals surface area contributed by atoms with Crippen LogP contribution in [0.5, 0.6) is 0 Å². The Balaban J connectivity index is 2.42. The van der Waals surface area contributed by atoms with Gasteiger partial charge in [-0.25, -0.2) is 9.18 Å². The summed E-state index contributed by atoms with van der Waals surface area (Å²) in [4.78, 5) is 11.5. The first-order chi connectivity index (χ1) is 7.58. The molecule has 16 heavy (non-hydrogen) atoms. The van der Waals surface area contributed by atoms with Crippen molar-refractivity contribution >= 4 is 17.3 Å². The predicted octanol–water partition coefficient (Wildman–Crippen LogP) is 3.56. The highest BCUT2D eigenvalue weighted by molar-refractivity contribution is 7.13. The molecule has 0 saturated carbocycles. The van der Waals surface area contributed by atoms with Crippen LogP contribution in [-0.2, 0) is 0 Å². The van der Waals surface area contributed by atoms with Gasteiger partial charge in [0.15, 0.2) is 0 Å². The Labute approximate surface area is 96.0 Å². The molecule has 2 nitrogen and oxygen atoms in total. The lowest BCUT2D eigenvalue weighted by Gasteiger charge is -1.99. The molecule has 0 atom stereocenters. The lowest BCUT2D eigenvalue weighted by molar-refractivity contribution is 0.0697. The second-order valence-corrected chi connectivity index (χ2v) is 4.38. The molecular weight excluding hydrogens is 227 g/mol. The number of benzene rings is 1. The summed E-state index contributed by atoms with van der Waals surface area (Å²) in [6.07, 6.45) is 0. The molecule has 2 aromatic rings. The second kappa shape index (κ2) is 4.06. The van der Waals surface area contributed by atoms with Crippen LogP contribution in [0, 0.1) is 12.7 Å². The van der Waals surface area contributed by atoms with Gasteiger partial charge in [-0.2, -0.15) is 0 Å². The maximum atomic E-state index is 13.3. The summed E-state index contributed by atoms with van der Waals surface area (Å²) >= 11 is 1.30. The lowest BCUT2D eigenvalue weighted by Crippen LogP contribution is -1.91. The Kier molecular flexibility index (Phi) is 2.75. The quantitative estimate of drug-likeness (QED) is 0.865. The monoisotopic (exact) mass is 236 g/mol. The van der Waals surface area contributed by atoms with E-state index >= 15 is 0 Å². The van der Waals surface area contributed by atoms with Gasteiger partial charge in [-0.15, -0.1) is 11.3 Å². The van der Waals surface area contributed by atoms with E-state index in [1.54, 1.807) is 30.5 Å². The normalized spacial score (nSPS) is 10.4. The molecule has 0 fully saturated rings. The Morgan fingerprint density at radius 3 is 2.69 bits per heavy atom. The van der Waals surface area contributed by atoms with E-state index in [4.69, 9.17) is 5.11 Å². The van der Waals surface area contributed by atoms with Crippen molar-refractivity contribution in [2.75, 3.05) is 0 Å². The van der Waals surface area contributed by atoms with Crippen molar-refractivity contribution in [3.05, 3.63) is 46.6 Å². The SMILES string of the molecule is Cc1ccc(-c2cc(C(=O)O)cs2)cc1F. The summed E-state index contributed by atoms with van der Waals surface area (Å²) in [7, 11) is 0. The number of aromatic carboxylic acids is 1. The highest BCUT2D eigenvalue weighted by Crippen LogP contribution is 2.28. The molecule has 0 aliphatic rings.